The number of rotatable bonds is 2. The van der Waals surface area contributed by atoms with Crippen molar-refractivity contribution in [2.75, 3.05) is 6.54 Å². The van der Waals surface area contributed by atoms with Crippen molar-refractivity contribution >= 4 is 0 Å². The number of aromatic amines is 1. The molecule has 0 bridgehead atoms. The topological polar surface area (TPSA) is 40.7 Å². The van der Waals surface area contributed by atoms with Gasteiger partial charge in [0.05, 0.1) is 17.6 Å². The van der Waals surface area contributed by atoms with Crippen LogP contribution in [0, 0.1) is 5.92 Å². The summed E-state index contributed by atoms with van der Waals surface area (Å²) in [5.41, 5.74) is 2.73. The van der Waals surface area contributed by atoms with Gasteiger partial charge in [-0.25, -0.2) is 4.98 Å². The van der Waals surface area contributed by atoms with Gasteiger partial charge in [-0.15, -0.1) is 0 Å². The molecule has 1 aliphatic carbocycles. The van der Waals surface area contributed by atoms with E-state index in [4.69, 9.17) is 0 Å². The fourth-order valence-electron chi connectivity index (χ4n) is 2.98. The molecule has 1 aromatic heterocycles. The molecule has 0 amide bonds. The summed E-state index contributed by atoms with van der Waals surface area (Å²) in [6.45, 7) is 3.39. The average Bonchev–Trinajstić information content (AvgIpc) is 2.61. The highest BCUT2D eigenvalue weighted by atomic mass is 15.1. The largest absolute Gasteiger partial charge is 0.348 e. The summed E-state index contributed by atoms with van der Waals surface area (Å²) in [6.07, 6.45) is 8.44. The van der Waals surface area contributed by atoms with Crippen molar-refractivity contribution in [1.29, 1.82) is 0 Å². The molecule has 1 fully saturated rings. The third-order valence-corrected chi connectivity index (χ3v) is 4.05. The van der Waals surface area contributed by atoms with Gasteiger partial charge in [-0.2, -0.15) is 0 Å². The lowest BCUT2D eigenvalue weighted by molar-refractivity contribution is 0.194. The molecule has 2 N–H and O–H groups in total. The zero-order valence-corrected chi connectivity index (χ0v) is 9.34. The smallest absolute Gasteiger partial charge is 0.0926 e. The number of imidazole rings is 1. The van der Waals surface area contributed by atoms with E-state index in [1.165, 1.54) is 37.1 Å². The van der Waals surface area contributed by atoms with Crippen LogP contribution in [-0.4, -0.2) is 16.5 Å². The molecular formula is C12H19N3. The van der Waals surface area contributed by atoms with Crippen LogP contribution >= 0.6 is 0 Å². The summed E-state index contributed by atoms with van der Waals surface area (Å²) < 4.78 is 0. The number of hydrogen-bond acceptors (Lipinski definition) is 2. The van der Waals surface area contributed by atoms with Crippen molar-refractivity contribution in [2.45, 2.75) is 44.6 Å². The molecule has 2 heterocycles. The van der Waals surface area contributed by atoms with Crippen molar-refractivity contribution in [1.82, 2.24) is 15.3 Å². The van der Waals surface area contributed by atoms with E-state index in [1.54, 1.807) is 0 Å². The summed E-state index contributed by atoms with van der Waals surface area (Å²) in [7, 11) is 0. The fraction of sp³-hybridized carbons (Fsp3) is 0.750. The minimum Gasteiger partial charge on any atom is -0.348 e. The highest BCUT2D eigenvalue weighted by Crippen LogP contribution is 2.39. The Kier molecular flexibility index (Phi) is 2.09. The molecule has 3 nitrogen and oxygen atoms in total. The van der Waals surface area contributed by atoms with Crippen LogP contribution in [0.2, 0.25) is 0 Å². The van der Waals surface area contributed by atoms with E-state index in [9.17, 15) is 0 Å². The van der Waals surface area contributed by atoms with Crippen molar-refractivity contribution in [3.63, 3.8) is 0 Å². The van der Waals surface area contributed by atoms with Gasteiger partial charge in [0.15, 0.2) is 0 Å². The summed E-state index contributed by atoms with van der Waals surface area (Å²) in [5.74, 6) is 0.921. The number of nitrogens with zero attached hydrogens (tertiary/aromatic N) is 1. The van der Waals surface area contributed by atoms with Gasteiger partial charge >= 0.3 is 0 Å². The van der Waals surface area contributed by atoms with Crippen LogP contribution in [0.4, 0.5) is 0 Å². The molecule has 1 aromatic rings. The highest BCUT2D eigenvalue weighted by Gasteiger charge is 2.37. The Morgan fingerprint density at radius 2 is 2.40 bits per heavy atom. The SMILES string of the molecule is CC1(CC2CCC2)NCCc2[nH]cnc21. The van der Waals surface area contributed by atoms with Crippen molar-refractivity contribution in [3.05, 3.63) is 17.7 Å². The summed E-state index contributed by atoms with van der Waals surface area (Å²) >= 11 is 0. The van der Waals surface area contributed by atoms with Crippen LogP contribution < -0.4 is 5.32 Å². The van der Waals surface area contributed by atoms with Crippen LogP contribution in [0.15, 0.2) is 6.33 Å². The van der Waals surface area contributed by atoms with E-state index in [1.807, 2.05) is 6.33 Å². The lowest BCUT2D eigenvalue weighted by Crippen LogP contribution is -2.47. The number of H-pyrrole nitrogens is 1. The van der Waals surface area contributed by atoms with E-state index in [2.05, 4.69) is 22.2 Å². The first kappa shape index (κ1) is 9.40. The Morgan fingerprint density at radius 3 is 3.13 bits per heavy atom. The molecule has 15 heavy (non-hydrogen) atoms. The van der Waals surface area contributed by atoms with Gasteiger partial charge in [-0.05, 0) is 19.3 Å². The molecule has 0 aromatic carbocycles. The Balaban J connectivity index is 1.85. The minimum absolute atomic E-state index is 0.124. The van der Waals surface area contributed by atoms with Crippen LogP contribution in [0.1, 0.15) is 44.0 Å². The first-order valence-electron chi connectivity index (χ1n) is 6.06. The van der Waals surface area contributed by atoms with Crippen LogP contribution in [0.5, 0.6) is 0 Å². The molecular weight excluding hydrogens is 186 g/mol. The molecule has 1 saturated carbocycles. The first-order chi connectivity index (χ1) is 7.28. The lowest BCUT2D eigenvalue weighted by atomic mass is 9.74. The zero-order valence-electron chi connectivity index (χ0n) is 9.34. The summed E-state index contributed by atoms with van der Waals surface area (Å²) in [4.78, 5) is 7.77. The third kappa shape index (κ3) is 1.49. The minimum atomic E-state index is 0.124. The molecule has 1 atom stereocenters. The van der Waals surface area contributed by atoms with E-state index >= 15 is 0 Å². The summed E-state index contributed by atoms with van der Waals surface area (Å²) in [5, 5.41) is 3.65. The number of aromatic nitrogens is 2. The maximum atomic E-state index is 4.50. The highest BCUT2D eigenvalue weighted by molar-refractivity contribution is 5.24. The molecule has 82 valence electrons. The average molecular weight is 205 g/mol. The Morgan fingerprint density at radius 1 is 1.53 bits per heavy atom. The fourth-order valence-corrected chi connectivity index (χ4v) is 2.98. The van der Waals surface area contributed by atoms with Crippen molar-refractivity contribution < 1.29 is 0 Å². The van der Waals surface area contributed by atoms with Gasteiger partial charge in [0.2, 0.25) is 0 Å². The van der Waals surface area contributed by atoms with Gasteiger partial charge in [0.25, 0.3) is 0 Å². The molecule has 0 radical (unpaired) electrons. The van der Waals surface area contributed by atoms with Crippen molar-refractivity contribution in [2.24, 2.45) is 5.92 Å². The normalized spacial score (nSPS) is 31.0. The van der Waals surface area contributed by atoms with E-state index in [-0.39, 0.29) is 5.54 Å². The molecule has 3 rings (SSSR count). The van der Waals surface area contributed by atoms with Gasteiger partial charge in [0, 0.05) is 18.7 Å². The quantitative estimate of drug-likeness (QED) is 0.775. The molecule has 1 aliphatic heterocycles. The zero-order chi connectivity index (χ0) is 10.3. The number of nitrogens with one attached hydrogen (secondary N) is 2. The molecule has 3 heteroatoms. The molecule has 0 spiro atoms. The van der Waals surface area contributed by atoms with Crippen molar-refractivity contribution in [3.8, 4) is 0 Å². The number of hydrogen-bond donors (Lipinski definition) is 2. The maximum absolute atomic E-state index is 4.50. The second-order valence-electron chi connectivity index (χ2n) is 5.24. The third-order valence-electron chi connectivity index (χ3n) is 4.05. The monoisotopic (exact) mass is 205 g/mol. The summed E-state index contributed by atoms with van der Waals surface area (Å²) in [6, 6.07) is 0. The predicted octanol–water partition coefficient (Wildman–Crippen LogP) is 1.96. The predicted molar refractivity (Wildman–Crippen MR) is 59.6 cm³/mol. The van der Waals surface area contributed by atoms with Gasteiger partial charge in [-0.1, -0.05) is 19.3 Å². The Labute approximate surface area is 90.7 Å². The number of fused-ring (bicyclic) bond motifs is 1. The van der Waals surface area contributed by atoms with Gasteiger partial charge in [-0.3, -0.25) is 0 Å². The van der Waals surface area contributed by atoms with Crippen LogP contribution in [0.25, 0.3) is 0 Å². The standard InChI is InChI=1S/C12H19N3/c1-12(7-9-3-2-4-9)11-10(5-6-15-12)13-8-14-11/h8-9,15H,2-7H2,1H3,(H,13,14). The molecule has 0 saturated heterocycles. The molecule has 2 aliphatic rings. The van der Waals surface area contributed by atoms with Crippen LogP contribution in [0.3, 0.4) is 0 Å². The van der Waals surface area contributed by atoms with E-state index in [0.717, 1.165) is 18.9 Å². The maximum Gasteiger partial charge on any atom is 0.0926 e. The van der Waals surface area contributed by atoms with E-state index in [0.29, 0.717) is 0 Å². The van der Waals surface area contributed by atoms with Gasteiger partial charge < -0.3 is 10.3 Å². The van der Waals surface area contributed by atoms with Gasteiger partial charge in [0.1, 0.15) is 0 Å². The first-order valence-corrected chi connectivity index (χ1v) is 6.06. The Bertz CT molecular complexity index is 354. The lowest BCUT2D eigenvalue weighted by Gasteiger charge is -2.39. The Hall–Kier alpha value is -0.830. The van der Waals surface area contributed by atoms with Crippen LogP contribution in [-0.2, 0) is 12.0 Å². The van der Waals surface area contributed by atoms with E-state index < -0.39 is 0 Å². The second-order valence-corrected chi connectivity index (χ2v) is 5.24. The second kappa shape index (κ2) is 3.34. The molecule has 1 unspecified atom stereocenters.